The Balaban J connectivity index is 1.52. The summed E-state index contributed by atoms with van der Waals surface area (Å²) in [4.78, 5) is 2.36. The van der Waals surface area contributed by atoms with Crippen LogP contribution in [-0.4, -0.2) is 56.5 Å². The van der Waals surface area contributed by atoms with Crippen LogP contribution in [0.25, 0.3) is 0 Å². The molecule has 0 aromatic heterocycles. The second-order valence-electron chi connectivity index (χ2n) is 6.56. The van der Waals surface area contributed by atoms with Crippen LogP contribution in [0.1, 0.15) is 38.5 Å². The van der Waals surface area contributed by atoms with Gasteiger partial charge in [0.2, 0.25) is 0 Å². The maximum absolute atomic E-state index is 11.6. The number of fused-ring (bicyclic) bond motifs is 1. The monoisotopic (exact) mass is 286 g/mol. The molecular weight excluding hydrogens is 260 g/mol. The molecule has 19 heavy (non-hydrogen) atoms. The van der Waals surface area contributed by atoms with Crippen molar-refractivity contribution in [1.29, 1.82) is 0 Å². The summed E-state index contributed by atoms with van der Waals surface area (Å²) in [7, 11) is -2.77. The molecular formula is C14H26N2O2S. The van der Waals surface area contributed by atoms with Crippen LogP contribution in [0.3, 0.4) is 0 Å². The maximum atomic E-state index is 11.6. The predicted molar refractivity (Wildman–Crippen MR) is 77.0 cm³/mol. The van der Waals surface area contributed by atoms with E-state index in [1.807, 2.05) is 0 Å². The quantitative estimate of drug-likeness (QED) is 0.824. The number of nitrogens with zero attached hydrogens (tertiary/aromatic N) is 1. The van der Waals surface area contributed by atoms with Gasteiger partial charge in [-0.05, 0) is 38.1 Å². The zero-order valence-electron chi connectivity index (χ0n) is 11.7. The van der Waals surface area contributed by atoms with Crippen molar-refractivity contribution < 1.29 is 8.42 Å². The fourth-order valence-corrected chi connectivity index (χ4v) is 5.37. The molecule has 5 heteroatoms. The summed E-state index contributed by atoms with van der Waals surface area (Å²) in [5, 5.41) is 3.79. The highest BCUT2D eigenvalue weighted by atomic mass is 32.2. The van der Waals surface area contributed by atoms with Gasteiger partial charge >= 0.3 is 0 Å². The lowest BCUT2D eigenvalue weighted by Crippen LogP contribution is -2.41. The van der Waals surface area contributed by atoms with Gasteiger partial charge in [0.1, 0.15) is 0 Å². The van der Waals surface area contributed by atoms with Crippen LogP contribution in [-0.2, 0) is 9.84 Å². The largest absolute Gasteiger partial charge is 0.310 e. The summed E-state index contributed by atoms with van der Waals surface area (Å²) in [5.74, 6) is 1.62. The number of hydrogen-bond donors (Lipinski definition) is 1. The van der Waals surface area contributed by atoms with Gasteiger partial charge in [-0.25, -0.2) is 8.42 Å². The summed E-state index contributed by atoms with van der Waals surface area (Å²) < 4.78 is 23.2. The highest BCUT2D eigenvalue weighted by Gasteiger charge is 2.35. The number of hydrogen-bond acceptors (Lipinski definition) is 4. The fourth-order valence-electron chi connectivity index (χ4n) is 4.06. The van der Waals surface area contributed by atoms with E-state index in [0.717, 1.165) is 38.0 Å². The van der Waals surface area contributed by atoms with Gasteiger partial charge in [-0.1, -0.05) is 12.8 Å². The third-order valence-electron chi connectivity index (χ3n) is 5.07. The molecule has 3 rings (SSSR count). The summed E-state index contributed by atoms with van der Waals surface area (Å²) in [5.41, 5.74) is 0. The number of nitrogens with one attached hydrogen (secondary N) is 1. The SMILES string of the molecule is O=S1(=O)CCCN(CC2CC3CCCCC3N2)CC1. The van der Waals surface area contributed by atoms with E-state index < -0.39 is 9.84 Å². The molecule has 2 heterocycles. The smallest absolute Gasteiger partial charge is 0.151 e. The second kappa shape index (κ2) is 5.70. The predicted octanol–water partition coefficient (Wildman–Crippen LogP) is 1.03. The Hall–Kier alpha value is -0.130. The minimum atomic E-state index is -2.77. The normalized spacial score (nSPS) is 39.7. The molecule has 1 N–H and O–H groups in total. The van der Waals surface area contributed by atoms with Gasteiger partial charge in [0.05, 0.1) is 11.5 Å². The van der Waals surface area contributed by atoms with Crippen LogP contribution in [0.15, 0.2) is 0 Å². The summed E-state index contributed by atoms with van der Waals surface area (Å²) in [6.07, 6.45) is 7.62. The van der Waals surface area contributed by atoms with Gasteiger partial charge in [0.25, 0.3) is 0 Å². The minimum Gasteiger partial charge on any atom is -0.310 e. The summed E-state index contributed by atoms with van der Waals surface area (Å²) >= 11 is 0. The summed E-state index contributed by atoms with van der Waals surface area (Å²) in [6.45, 7) is 2.73. The minimum absolute atomic E-state index is 0.354. The molecule has 110 valence electrons. The van der Waals surface area contributed by atoms with Gasteiger partial charge in [-0.3, -0.25) is 0 Å². The molecule has 0 spiro atoms. The van der Waals surface area contributed by atoms with E-state index in [-0.39, 0.29) is 0 Å². The van der Waals surface area contributed by atoms with Crippen molar-refractivity contribution in [2.75, 3.05) is 31.1 Å². The van der Waals surface area contributed by atoms with Crippen LogP contribution in [0.2, 0.25) is 0 Å². The first-order chi connectivity index (χ1) is 9.12. The van der Waals surface area contributed by atoms with Crippen molar-refractivity contribution in [2.45, 2.75) is 50.6 Å². The standard InChI is InChI=1S/C14H26N2O2S/c17-19(18)8-3-6-16(7-9-19)11-13-10-12-4-1-2-5-14(12)15-13/h12-15H,1-11H2. The van der Waals surface area contributed by atoms with E-state index in [2.05, 4.69) is 10.2 Å². The molecule has 3 unspecified atom stereocenters. The second-order valence-corrected chi connectivity index (χ2v) is 8.86. The van der Waals surface area contributed by atoms with Crippen LogP contribution >= 0.6 is 0 Å². The molecule has 4 nitrogen and oxygen atoms in total. The van der Waals surface area contributed by atoms with E-state index in [1.54, 1.807) is 0 Å². The van der Waals surface area contributed by atoms with Crippen molar-refractivity contribution >= 4 is 9.84 Å². The summed E-state index contributed by atoms with van der Waals surface area (Å²) in [6, 6.07) is 1.34. The van der Waals surface area contributed by atoms with Gasteiger partial charge in [0, 0.05) is 25.2 Å². The van der Waals surface area contributed by atoms with Crippen molar-refractivity contribution in [3.63, 3.8) is 0 Å². The molecule has 2 saturated heterocycles. The molecule has 3 aliphatic rings. The highest BCUT2D eigenvalue weighted by Crippen LogP contribution is 2.33. The maximum Gasteiger partial charge on any atom is 0.151 e. The third-order valence-corrected chi connectivity index (χ3v) is 6.79. The molecule has 3 atom stereocenters. The van der Waals surface area contributed by atoms with E-state index in [1.165, 1.54) is 32.1 Å². The van der Waals surface area contributed by atoms with Crippen molar-refractivity contribution in [2.24, 2.45) is 5.92 Å². The average Bonchev–Trinajstić information content (AvgIpc) is 2.69. The number of rotatable bonds is 2. The molecule has 0 amide bonds. The van der Waals surface area contributed by atoms with Crippen LogP contribution < -0.4 is 5.32 Å². The van der Waals surface area contributed by atoms with Crippen molar-refractivity contribution in [3.8, 4) is 0 Å². The van der Waals surface area contributed by atoms with Crippen LogP contribution in [0.5, 0.6) is 0 Å². The van der Waals surface area contributed by atoms with E-state index in [0.29, 0.717) is 17.5 Å². The molecule has 0 aromatic rings. The van der Waals surface area contributed by atoms with Gasteiger partial charge in [0.15, 0.2) is 9.84 Å². The van der Waals surface area contributed by atoms with Crippen molar-refractivity contribution in [1.82, 2.24) is 10.2 Å². The van der Waals surface area contributed by atoms with E-state index in [4.69, 9.17) is 0 Å². The van der Waals surface area contributed by atoms with Crippen molar-refractivity contribution in [3.05, 3.63) is 0 Å². The Bertz CT molecular complexity index is 396. The Labute approximate surface area is 116 Å². The Morgan fingerprint density at radius 2 is 1.89 bits per heavy atom. The first-order valence-electron chi connectivity index (χ1n) is 7.81. The van der Waals surface area contributed by atoms with Gasteiger partial charge < -0.3 is 10.2 Å². The van der Waals surface area contributed by atoms with Crippen LogP contribution in [0.4, 0.5) is 0 Å². The molecule has 0 bridgehead atoms. The molecule has 1 aliphatic carbocycles. The first-order valence-corrected chi connectivity index (χ1v) is 9.63. The lowest BCUT2D eigenvalue weighted by atomic mass is 9.85. The number of sulfone groups is 1. The van der Waals surface area contributed by atoms with Gasteiger partial charge in [-0.15, -0.1) is 0 Å². The zero-order valence-corrected chi connectivity index (χ0v) is 12.5. The first kappa shape index (κ1) is 13.8. The molecule has 0 radical (unpaired) electrons. The third kappa shape index (κ3) is 3.50. The van der Waals surface area contributed by atoms with Gasteiger partial charge in [-0.2, -0.15) is 0 Å². The van der Waals surface area contributed by atoms with E-state index >= 15 is 0 Å². The Morgan fingerprint density at radius 3 is 2.74 bits per heavy atom. The Kier molecular flexibility index (Phi) is 4.15. The zero-order chi connectivity index (χ0) is 13.3. The molecule has 3 fully saturated rings. The highest BCUT2D eigenvalue weighted by molar-refractivity contribution is 7.91. The fraction of sp³-hybridized carbons (Fsp3) is 1.00. The topological polar surface area (TPSA) is 49.4 Å². The molecule has 0 aromatic carbocycles. The molecule has 2 aliphatic heterocycles. The Morgan fingerprint density at radius 1 is 1.05 bits per heavy atom. The molecule has 1 saturated carbocycles. The average molecular weight is 286 g/mol. The lowest BCUT2D eigenvalue weighted by molar-refractivity contribution is 0.264. The van der Waals surface area contributed by atoms with E-state index in [9.17, 15) is 8.42 Å². The lowest BCUT2D eigenvalue weighted by Gasteiger charge is -2.25. The van der Waals surface area contributed by atoms with Crippen LogP contribution in [0, 0.1) is 5.92 Å².